The number of nitrogens with zero attached hydrogens (tertiary/aromatic N) is 1. The Bertz CT molecular complexity index is 1260. The Morgan fingerprint density at radius 3 is 2.81 bits per heavy atom. The Balaban J connectivity index is 0.00000240. The fraction of sp³-hybridized carbons (Fsp3) is 0.536. The van der Waals surface area contributed by atoms with E-state index in [0.717, 1.165) is 54.5 Å². The van der Waals surface area contributed by atoms with Crippen LogP contribution >= 0.6 is 12.4 Å². The number of benzene rings is 1. The summed E-state index contributed by atoms with van der Waals surface area (Å²) in [5.74, 6) is 1.11. The van der Waals surface area contributed by atoms with Gasteiger partial charge in [-0.05, 0) is 81.2 Å². The first-order valence-corrected chi connectivity index (χ1v) is 12.8. The monoisotopic (exact) mass is 512 g/mol. The van der Waals surface area contributed by atoms with E-state index < -0.39 is 17.1 Å². The number of likely N-dealkylation sites (N-methyl/N-ethyl adjacent to an activating group) is 1. The Labute approximate surface area is 216 Å². The normalized spacial score (nSPS) is 33.6. The van der Waals surface area contributed by atoms with Crippen LogP contribution in [0.15, 0.2) is 29.1 Å². The molecule has 5 aliphatic rings. The van der Waals surface area contributed by atoms with Crippen LogP contribution in [0.5, 0.6) is 11.5 Å². The quantitative estimate of drug-likeness (QED) is 0.542. The predicted molar refractivity (Wildman–Crippen MR) is 137 cm³/mol. The summed E-state index contributed by atoms with van der Waals surface area (Å²) in [5.41, 5.74) is 3.67. The lowest BCUT2D eigenvalue weighted by Crippen LogP contribution is -2.77. The molecule has 2 saturated carbocycles. The number of hydrogen-bond acceptors (Lipinski definition) is 6. The van der Waals surface area contributed by atoms with Crippen molar-refractivity contribution in [2.24, 2.45) is 0 Å². The molecular formula is C28H33ClN2O5. The Hall–Kier alpha value is -2.48. The van der Waals surface area contributed by atoms with E-state index in [4.69, 9.17) is 9.15 Å². The van der Waals surface area contributed by atoms with Gasteiger partial charge in [-0.15, -0.1) is 12.4 Å². The molecule has 1 aromatic carbocycles. The minimum absolute atomic E-state index is 0. The maximum Gasteiger partial charge on any atom is 0.246 e. The van der Waals surface area contributed by atoms with Crippen molar-refractivity contribution < 1.29 is 24.2 Å². The average molecular weight is 513 g/mol. The molecule has 1 saturated heterocycles. The third-order valence-corrected chi connectivity index (χ3v) is 9.66. The van der Waals surface area contributed by atoms with Gasteiger partial charge in [0.15, 0.2) is 11.5 Å². The lowest BCUT2D eigenvalue weighted by molar-refractivity contribution is -0.172. The summed E-state index contributed by atoms with van der Waals surface area (Å²) in [6.45, 7) is 2.91. The molecule has 2 aromatic rings. The van der Waals surface area contributed by atoms with Gasteiger partial charge in [0.2, 0.25) is 5.91 Å². The van der Waals surface area contributed by atoms with Gasteiger partial charge < -0.3 is 29.6 Å². The number of phenolic OH excluding ortho intramolecular Hbond substituents is 1. The van der Waals surface area contributed by atoms with Gasteiger partial charge in [0.25, 0.3) is 0 Å². The SMILES string of the molecule is Cc1c2c3c(c(O)c1C1CC1)O[C@H]1[C@H](N(C)C(=O)/C=C/c4ccoc4)CC[C@@]4(O)[C@@H](C2)NCC[C@]314.Cl. The van der Waals surface area contributed by atoms with Crippen molar-refractivity contribution in [1.82, 2.24) is 10.2 Å². The van der Waals surface area contributed by atoms with Crippen LogP contribution in [-0.4, -0.2) is 58.4 Å². The maximum atomic E-state index is 13.2. The van der Waals surface area contributed by atoms with Gasteiger partial charge in [0.1, 0.15) is 6.10 Å². The summed E-state index contributed by atoms with van der Waals surface area (Å²) in [6, 6.07) is 1.54. The molecule has 2 aliphatic heterocycles. The first-order valence-electron chi connectivity index (χ1n) is 12.8. The molecular weight excluding hydrogens is 480 g/mol. The van der Waals surface area contributed by atoms with Crippen LogP contribution in [0.3, 0.4) is 0 Å². The largest absolute Gasteiger partial charge is 0.504 e. The van der Waals surface area contributed by atoms with Crippen molar-refractivity contribution in [3.63, 3.8) is 0 Å². The van der Waals surface area contributed by atoms with Gasteiger partial charge in [0.05, 0.1) is 29.6 Å². The summed E-state index contributed by atoms with van der Waals surface area (Å²) in [4.78, 5) is 15.0. The zero-order valence-electron chi connectivity index (χ0n) is 20.6. The van der Waals surface area contributed by atoms with Crippen molar-refractivity contribution >= 4 is 24.4 Å². The number of phenols is 1. The highest BCUT2D eigenvalue weighted by Crippen LogP contribution is 2.67. The topological polar surface area (TPSA) is 95.2 Å². The van der Waals surface area contributed by atoms with Crippen molar-refractivity contribution in [3.8, 4) is 11.5 Å². The number of piperidine rings is 1. The minimum atomic E-state index is -0.971. The zero-order valence-corrected chi connectivity index (χ0v) is 21.4. The highest BCUT2D eigenvalue weighted by atomic mass is 35.5. The van der Waals surface area contributed by atoms with Gasteiger partial charge in [0, 0.05) is 35.9 Å². The molecule has 36 heavy (non-hydrogen) atoms. The molecule has 5 atom stereocenters. The molecule has 7 rings (SSSR count). The number of furan rings is 1. The van der Waals surface area contributed by atoms with Crippen molar-refractivity contribution in [2.45, 2.75) is 80.6 Å². The van der Waals surface area contributed by atoms with Crippen molar-refractivity contribution in [2.75, 3.05) is 13.6 Å². The smallest absolute Gasteiger partial charge is 0.246 e. The molecule has 8 heteroatoms. The van der Waals surface area contributed by atoms with E-state index >= 15 is 0 Å². The van der Waals surface area contributed by atoms with Crippen molar-refractivity contribution in [1.29, 1.82) is 0 Å². The molecule has 192 valence electrons. The third kappa shape index (κ3) is 2.91. The lowest BCUT2D eigenvalue weighted by atomic mass is 9.48. The standard InChI is InChI=1S/C28H32N2O5.ClH/c1-15-18-13-20-28(33)9-7-19(30(2)21(31)6-3-16-8-12-34-14-16)26-27(28,10-11-29-20)23(18)25(35-26)24(32)22(15)17-4-5-17;/h3,6,8,12,14,17,19-20,26,29,32-33H,4-5,7,9-11,13H2,1-2H3;1H/b6-3+;/t19-,20-,26+,27+,28-;/m1./s1. The highest BCUT2D eigenvalue weighted by molar-refractivity contribution is 5.92. The number of aliphatic hydroxyl groups is 1. The molecule has 0 radical (unpaired) electrons. The van der Waals surface area contributed by atoms with E-state index in [9.17, 15) is 15.0 Å². The molecule has 2 bridgehead atoms. The summed E-state index contributed by atoms with van der Waals surface area (Å²) in [6.07, 6.45) is 11.0. The van der Waals surface area contributed by atoms with Crippen LogP contribution in [0.1, 0.15) is 65.8 Å². The number of carbonyl (C=O) groups excluding carboxylic acids is 1. The van der Waals surface area contributed by atoms with Gasteiger partial charge in [-0.2, -0.15) is 0 Å². The van der Waals surface area contributed by atoms with E-state index in [0.29, 0.717) is 24.5 Å². The summed E-state index contributed by atoms with van der Waals surface area (Å²) in [7, 11) is 1.82. The van der Waals surface area contributed by atoms with Crippen LogP contribution < -0.4 is 10.1 Å². The molecule has 7 nitrogen and oxygen atoms in total. The second-order valence-corrected chi connectivity index (χ2v) is 11.2. The highest BCUT2D eigenvalue weighted by Gasteiger charge is 2.72. The van der Waals surface area contributed by atoms with Crippen LogP contribution in [0, 0.1) is 6.92 Å². The zero-order chi connectivity index (χ0) is 24.1. The lowest BCUT2D eigenvalue weighted by Gasteiger charge is -2.62. The van der Waals surface area contributed by atoms with Gasteiger partial charge in [-0.1, -0.05) is 0 Å². The van der Waals surface area contributed by atoms with E-state index in [1.165, 1.54) is 5.56 Å². The molecule has 0 unspecified atom stereocenters. The first-order chi connectivity index (χ1) is 16.9. The number of nitrogens with one attached hydrogen (secondary N) is 1. The van der Waals surface area contributed by atoms with Crippen LogP contribution in [0.2, 0.25) is 0 Å². The average Bonchev–Trinajstić information content (AvgIpc) is 3.40. The molecule has 1 amide bonds. The fourth-order valence-electron chi connectivity index (χ4n) is 7.84. The van der Waals surface area contributed by atoms with Gasteiger partial charge in [-0.25, -0.2) is 0 Å². The van der Waals surface area contributed by atoms with E-state index in [-0.39, 0.29) is 36.1 Å². The second-order valence-electron chi connectivity index (χ2n) is 11.2. The summed E-state index contributed by atoms with van der Waals surface area (Å²) < 4.78 is 11.8. The summed E-state index contributed by atoms with van der Waals surface area (Å²) in [5, 5.41) is 27.4. The number of hydrogen-bond donors (Lipinski definition) is 3. The number of halogens is 1. The second kappa shape index (κ2) is 8.01. The number of carbonyl (C=O) groups is 1. The van der Waals surface area contributed by atoms with Crippen molar-refractivity contribution in [3.05, 3.63) is 52.5 Å². The number of aromatic hydroxyl groups is 1. The molecule has 3 heterocycles. The molecule has 3 N–H and O–H groups in total. The van der Waals surface area contributed by atoms with E-state index in [1.54, 1.807) is 29.6 Å². The number of rotatable bonds is 4. The molecule has 3 aliphatic carbocycles. The Morgan fingerprint density at radius 2 is 2.08 bits per heavy atom. The molecule has 3 fully saturated rings. The van der Waals surface area contributed by atoms with E-state index in [1.807, 2.05) is 13.1 Å². The Morgan fingerprint density at radius 1 is 1.28 bits per heavy atom. The van der Waals surface area contributed by atoms with Gasteiger partial charge >= 0.3 is 0 Å². The maximum absolute atomic E-state index is 13.2. The van der Waals surface area contributed by atoms with Crippen LogP contribution in [0.25, 0.3) is 6.08 Å². The predicted octanol–water partition coefficient (Wildman–Crippen LogP) is 3.57. The molecule has 1 aromatic heterocycles. The first kappa shape index (κ1) is 23.9. The molecule has 1 spiro atoms. The number of amides is 1. The van der Waals surface area contributed by atoms with E-state index in [2.05, 4.69) is 12.2 Å². The van der Waals surface area contributed by atoms with Gasteiger partial charge in [-0.3, -0.25) is 4.79 Å². The third-order valence-electron chi connectivity index (χ3n) is 9.66. The Kier molecular flexibility index (Phi) is 5.31. The summed E-state index contributed by atoms with van der Waals surface area (Å²) >= 11 is 0. The minimum Gasteiger partial charge on any atom is -0.504 e. The van der Waals surface area contributed by atoms with Crippen LogP contribution in [-0.2, 0) is 16.6 Å². The number of ether oxygens (including phenoxy) is 1. The fourth-order valence-corrected chi connectivity index (χ4v) is 7.84. The van der Waals surface area contributed by atoms with Crippen LogP contribution in [0.4, 0.5) is 0 Å².